The highest BCUT2D eigenvalue weighted by Crippen LogP contribution is 2.41. The van der Waals surface area contributed by atoms with Crippen LogP contribution in [0, 0.1) is 0 Å². The van der Waals surface area contributed by atoms with Gasteiger partial charge in [0.05, 0.1) is 22.4 Å². The Morgan fingerprint density at radius 3 is 1.47 bits per heavy atom. The third kappa shape index (κ3) is 4.98. The highest BCUT2D eigenvalue weighted by Gasteiger charge is 2.18. The summed E-state index contributed by atoms with van der Waals surface area (Å²) in [5.41, 5.74) is 10.7. The van der Waals surface area contributed by atoms with Crippen molar-refractivity contribution in [3.05, 3.63) is 188 Å². The van der Waals surface area contributed by atoms with Gasteiger partial charge in [-0.3, -0.25) is 0 Å². The van der Waals surface area contributed by atoms with Gasteiger partial charge in [-0.05, 0) is 81.2 Å². The van der Waals surface area contributed by atoms with E-state index in [0.29, 0.717) is 5.82 Å². The van der Waals surface area contributed by atoms with Gasteiger partial charge in [0.25, 0.3) is 0 Å². The lowest BCUT2D eigenvalue weighted by Gasteiger charge is -2.12. The average Bonchev–Trinajstić information content (AvgIpc) is 3.57. The van der Waals surface area contributed by atoms with Crippen molar-refractivity contribution in [2.24, 2.45) is 0 Å². The molecule has 0 aliphatic rings. The number of nitrogens with zero attached hydrogens (tertiary/aromatic N) is 3. The van der Waals surface area contributed by atoms with Crippen molar-refractivity contribution in [2.45, 2.75) is 0 Å². The van der Waals surface area contributed by atoms with Gasteiger partial charge in [-0.15, -0.1) is 0 Å². The molecule has 3 nitrogen and oxygen atoms in total. The second kappa shape index (κ2) is 11.9. The molecule has 0 aliphatic heterocycles. The Labute approximate surface area is 295 Å². The Balaban J connectivity index is 1.14. The van der Waals surface area contributed by atoms with Crippen LogP contribution in [0.2, 0.25) is 0 Å². The molecule has 0 saturated heterocycles. The highest BCUT2D eigenvalue weighted by molar-refractivity contribution is 6.28. The van der Waals surface area contributed by atoms with Crippen molar-refractivity contribution in [3.63, 3.8) is 0 Å². The molecule has 8 aromatic carbocycles. The van der Waals surface area contributed by atoms with Crippen LogP contribution in [0.3, 0.4) is 0 Å². The summed E-state index contributed by atoms with van der Waals surface area (Å²) in [5.74, 6) is 0.697. The molecule has 10 aromatic rings. The lowest BCUT2D eigenvalue weighted by molar-refractivity contribution is 1.16. The molecule has 0 unspecified atom stereocenters. The number of fused-ring (bicyclic) bond motifs is 7. The van der Waals surface area contributed by atoms with E-state index in [1.807, 2.05) is 12.1 Å². The number of rotatable bonds is 5. The highest BCUT2D eigenvalue weighted by atomic mass is 15.0. The summed E-state index contributed by atoms with van der Waals surface area (Å²) in [5, 5.41) is 7.58. The first kappa shape index (κ1) is 29.1. The number of aromatic nitrogens is 3. The summed E-state index contributed by atoms with van der Waals surface area (Å²) < 4.78 is 2.40. The first-order chi connectivity index (χ1) is 25.3. The minimum Gasteiger partial charge on any atom is -0.309 e. The first-order valence-corrected chi connectivity index (χ1v) is 17.3. The van der Waals surface area contributed by atoms with Crippen LogP contribution in [0.25, 0.3) is 94.1 Å². The van der Waals surface area contributed by atoms with Gasteiger partial charge < -0.3 is 4.57 Å². The van der Waals surface area contributed by atoms with E-state index >= 15 is 0 Å². The van der Waals surface area contributed by atoms with Gasteiger partial charge in [0, 0.05) is 33.2 Å². The molecule has 238 valence electrons. The van der Waals surface area contributed by atoms with Gasteiger partial charge in [0.15, 0.2) is 5.82 Å². The minimum atomic E-state index is 0.697. The Morgan fingerprint density at radius 1 is 0.333 bits per heavy atom. The standard InChI is InChI=1S/C48H31N3/c1-3-12-32(13-4-1)37-18-11-19-38(30-37)43-31-42(35-16-5-2-6-17-35)49-48(50-43)36-22-26-39(27-23-36)51-44-28-24-33-14-7-9-20-40(33)46(44)47-41-21-10-8-15-34(41)25-29-45(47)51/h1-31H. The molecule has 3 heteroatoms. The molecule has 2 heterocycles. The minimum absolute atomic E-state index is 0.697. The lowest BCUT2D eigenvalue weighted by atomic mass is 10.00. The fourth-order valence-electron chi connectivity index (χ4n) is 7.56. The van der Waals surface area contributed by atoms with Crippen molar-refractivity contribution >= 4 is 43.4 Å². The molecule has 0 atom stereocenters. The van der Waals surface area contributed by atoms with Crippen LogP contribution in [-0.4, -0.2) is 14.5 Å². The summed E-state index contributed by atoms with van der Waals surface area (Å²) in [6.45, 7) is 0. The predicted octanol–water partition coefficient (Wildman–Crippen LogP) is 12.5. The summed E-state index contributed by atoms with van der Waals surface area (Å²) in [7, 11) is 0. The molecule has 2 aromatic heterocycles. The van der Waals surface area contributed by atoms with Crippen LogP contribution < -0.4 is 0 Å². The largest absolute Gasteiger partial charge is 0.309 e. The zero-order valence-electron chi connectivity index (χ0n) is 27.7. The van der Waals surface area contributed by atoms with E-state index in [1.54, 1.807) is 0 Å². The van der Waals surface area contributed by atoms with E-state index < -0.39 is 0 Å². The Kier molecular flexibility index (Phi) is 6.81. The molecule has 0 fully saturated rings. The molecule has 0 spiro atoms. The maximum Gasteiger partial charge on any atom is 0.160 e. The third-order valence-corrected chi connectivity index (χ3v) is 9.99. The zero-order valence-corrected chi connectivity index (χ0v) is 27.7. The fourth-order valence-corrected chi connectivity index (χ4v) is 7.56. The summed E-state index contributed by atoms with van der Waals surface area (Å²) >= 11 is 0. The predicted molar refractivity (Wildman–Crippen MR) is 213 cm³/mol. The van der Waals surface area contributed by atoms with Crippen molar-refractivity contribution in [1.29, 1.82) is 0 Å². The Bertz CT molecular complexity index is 2800. The van der Waals surface area contributed by atoms with E-state index in [0.717, 1.165) is 39.3 Å². The molecule has 0 amide bonds. The molecule has 0 N–H and O–H groups in total. The third-order valence-electron chi connectivity index (χ3n) is 9.99. The van der Waals surface area contributed by atoms with Crippen LogP contribution >= 0.6 is 0 Å². The zero-order chi connectivity index (χ0) is 33.7. The van der Waals surface area contributed by atoms with Crippen molar-refractivity contribution < 1.29 is 0 Å². The van der Waals surface area contributed by atoms with E-state index in [9.17, 15) is 0 Å². The molecule has 0 radical (unpaired) electrons. The number of hydrogen-bond acceptors (Lipinski definition) is 2. The van der Waals surface area contributed by atoms with Gasteiger partial charge >= 0.3 is 0 Å². The van der Waals surface area contributed by atoms with Crippen molar-refractivity contribution in [2.75, 3.05) is 0 Å². The van der Waals surface area contributed by atoms with Crippen molar-refractivity contribution in [1.82, 2.24) is 14.5 Å². The number of hydrogen-bond donors (Lipinski definition) is 0. The Hall–Kier alpha value is -6.84. The van der Waals surface area contributed by atoms with E-state index in [2.05, 4.69) is 180 Å². The Morgan fingerprint density at radius 2 is 0.843 bits per heavy atom. The maximum absolute atomic E-state index is 5.18. The van der Waals surface area contributed by atoms with Gasteiger partial charge in [0.2, 0.25) is 0 Å². The molecule has 0 bridgehead atoms. The fraction of sp³-hybridized carbons (Fsp3) is 0. The van der Waals surface area contributed by atoms with Crippen LogP contribution in [-0.2, 0) is 0 Å². The van der Waals surface area contributed by atoms with Crippen molar-refractivity contribution in [3.8, 4) is 50.7 Å². The number of benzene rings is 8. The van der Waals surface area contributed by atoms with Gasteiger partial charge in [-0.1, -0.05) is 140 Å². The van der Waals surface area contributed by atoms with Crippen LogP contribution in [0.15, 0.2) is 188 Å². The first-order valence-electron chi connectivity index (χ1n) is 17.3. The van der Waals surface area contributed by atoms with Crippen LogP contribution in [0.5, 0.6) is 0 Å². The van der Waals surface area contributed by atoms with E-state index in [4.69, 9.17) is 9.97 Å². The molecule has 10 rings (SSSR count). The summed E-state index contributed by atoms with van der Waals surface area (Å²) in [6.07, 6.45) is 0. The maximum atomic E-state index is 5.18. The normalized spacial score (nSPS) is 11.5. The quantitative estimate of drug-likeness (QED) is 0.186. The smallest absolute Gasteiger partial charge is 0.160 e. The molecule has 51 heavy (non-hydrogen) atoms. The second-order valence-electron chi connectivity index (χ2n) is 13.0. The SMILES string of the molecule is c1ccc(-c2cccc(-c3cc(-c4ccccc4)nc(-c4ccc(-n5c6ccc7ccccc7c6c6c7ccccc7ccc65)cc4)n3)c2)cc1. The van der Waals surface area contributed by atoms with Crippen LogP contribution in [0.4, 0.5) is 0 Å². The van der Waals surface area contributed by atoms with Crippen LogP contribution in [0.1, 0.15) is 0 Å². The summed E-state index contributed by atoms with van der Waals surface area (Å²) in [6, 6.07) is 66.7. The molecular weight excluding hydrogens is 619 g/mol. The van der Waals surface area contributed by atoms with Gasteiger partial charge in [-0.2, -0.15) is 0 Å². The lowest BCUT2D eigenvalue weighted by Crippen LogP contribution is -1.97. The molecule has 0 aliphatic carbocycles. The second-order valence-corrected chi connectivity index (χ2v) is 13.0. The summed E-state index contributed by atoms with van der Waals surface area (Å²) in [4.78, 5) is 10.3. The van der Waals surface area contributed by atoms with Gasteiger partial charge in [-0.25, -0.2) is 9.97 Å². The van der Waals surface area contributed by atoms with E-state index in [-0.39, 0.29) is 0 Å². The van der Waals surface area contributed by atoms with E-state index in [1.165, 1.54) is 48.9 Å². The monoisotopic (exact) mass is 649 g/mol. The molecular formula is C48H31N3. The topological polar surface area (TPSA) is 30.7 Å². The molecule has 0 saturated carbocycles. The van der Waals surface area contributed by atoms with Gasteiger partial charge in [0.1, 0.15) is 0 Å². The average molecular weight is 650 g/mol.